The molecule has 6 heteroatoms. The normalized spacial score (nSPS) is 10.1. The van der Waals surface area contributed by atoms with Crippen molar-refractivity contribution in [3.63, 3.8) is 0 Å². The van der Waals surface area contributed by atoms with Crippen LogP contribution >= 0.6 is 0 Å². The molecule has 0 amide bonds. The number of nitro groups is 1. The lowest BCUT2D eigenvalue weighted by atomic mass is 10.2. The first kappa shape index (κ1) is 13.7. The minimum atomic E-state index is -0.660. The fourth-order valence-corrected chi connectivity index (χ4v) is 1.60. The van der Waals surface area contributed by atoms with Gasteiger partial charge in [0, 0.05) is 17.7 Å². The second kappa shape index (κ2) is 5.48. The van der Waals surface area contributed by atoms with Crippen LogP contribution in [0.2, 0.25) is 0 Å². The monoisotopic (exact) mass is 275 g/mol. The third-order valence-electron chi connectivity index (χ3n) is 2.69. The number of carbonyl (C=O) groups is 1. The second-order valence-electron chi connectivity index (χ2n) is 4.12. The average Bonchev–Trinajstić information content (AvgIpc) is 2.43. The summed E-state index contributed by atoms with van der Waals surface area (Å²) < 4.78 is 18.7. The van der Waals surface area contributed by atoms with E-state index in [9.17, 15) is 19.3 Å². The summed E-state index contributed by atoms with van der Waals surface area (Å²) in [7, 11) is 0. The van der Waals surface area contributed by atoms with E-state index >= 15 is 0 Å². The number of aldehydes is 1. The van der Waals surface area contributed by atoms with Crippen molar-refractivity contribution in [3.05, 3.63) is 63.5 Å². The highest BCUT2D eigenvalue weighted by Gasteiger charge is 2.17. The molecule has 0 aliphatic rings. The molecule has 2 aromatic rings. The highest BCUT2D eigenvalue weighted by Crippen LogP contribution is 2.32. The van der Waals surface area contributed by atoms with Crippen LogP contribution in [0.25, 0.3) is 0 Å². The Labute approximate surface area is 113 Å². The number of ether oxygens (including phenoxy) is 1. The van der Waals surface area contributed by atoms with Gasteiger partial charge in [0.25, 0.3) is 0 Å². The van der Waals surface area contributed by atoms with Crippen molar-refractivity contribution >= 4 is 12.0 Å². The van der Waals surface area contributed by atoms with Gasteiger partial charge in [-0.3, -0.25) is 14.9 Å². The number of nitrogens with zero attached hydrogens (tertiary/aromatic N) is 1. The van der Waals surface area contributed by atoms with E-state index in [1.165, 1.54) is 24.3 Å². The Morgan fingerprint density at radius 1 is 1.25 bits per heavy atom. The zero-order valence-electron chi connectivity index (χ0n) is 10.5. The smallest absolute Gasteiger partial charge is 0.312 e. The number of halogens is 1. The van der Waals surface area contributed by atoms with Crippen molar-refractivity contribution in [3.8, 4) is 11.5 Å². The topological polar surface area (TPSA) is 69.4 Å². The van der Waals surface area contributed by atoms with Crippen LogP contribution in [0, 0.1) is 22.9 Å². The van der Waals surface area contributed by atoms with Gasteiger partial charge in [0.1, 0.15) is 17.9 Å². The standard InChI is InChI=1S/C14H10FNO4/c1-9-2-4-11(7-12(9)15)20-14-5-3-10(8-17)6-13(14)16(18)19/h2-8H,1H3. The average molecular weight is 275 g/mol. The van der Waals surface area contributed by atoms with Crippen LogP contribution in [0.15, 0.2) is 36.4 Å². The molecule has 0 heterocycles. The third-order valence-corrected chi connectivity index (χ3v) is 2.69. The second-order valence-corrected chi connectivity index (χ2v) is 4.12. The Morgan fingerprint density at radius 3 is 2.60 bits per heavy atom. The highest BCUT2D eigenvalue weighted by molar-refractivity contribution is 5.77. The Kier molecular flexibility index (Phi) is 3.74. The van der Waals surface area contributed by atoms with E-state index < -0.39 is 10.7 Å². The van der Waals surface area contributed by atoms with E-state index in [-0.39, 0.29) is 22.7 Å². The van der Waals surface area contributed by atoms with Crippen LogP contribution in [0.5, 0.6) is 11.5 Å². The quantitative estimate of drug-likeness (QED) is 0.485. The molecule has 2 aromatic carbocycles. The number of aryl methyl sites for hydroxylation is 1. The molecule has 0 spiro atoms. The fourth-order valence-electron chi connectivity index (χ4n) is 1.60. The number of carbonyl (C=O) groups excluding carboxylic acids is 1. The predicted molar refractivity (Wildman–Crippen MR) is 69.7 cm³/mol. The van der Waals surface area contributed by atoms with Gasteiger partial charge >= 0.3 is 5.69 Å². The van der Waals surface area contributed by atoms with Crippen LogP contribution in [-0.2, 0) is 0 Å². The first-order valence-electron chi connectivity index (χ1n) is 5.69. The molecule has 0 saturated carbocycles. The minimum absolute atomic E-state index is 0.0520. The number of hydrogen-bond acceptors (Lipinski definition) is 4. The summed E-state index contributed by atoms with van der Waals surface area (Å²) in [5.41, 5.74) is 0.262. The summed E-state index contributed by atoms with van der Waals surface area (Å²) >= 11 is 0. The summed E-state index contributed by atoms with van der Waals surface area (Å²) in [6.07, 6.45) is 0.502. The van der Waals surface area contributed by atoms with E-state index in [0.29, 0.717) is 11.8 Å². The molecule has 0 aliphatic heterocycles. The van der Waals surface area contributed by atoms with Gasteiger partial charge in [-0.2, -0.15) is 0 Å². The van der Waals surface area contributed by atoms with E-state index in [0.717, 1.165) is 12.1 Å². The van der Waals surface area contributed by atoms with Crippen molar-refractivity contribution in [2.75, 3.05) is 0 Å². The molecular formula is C14H10FNO4. The van der Waals surface area contributed by atoms with E-state index in [1.54, 1.807) is 6.92 Å². The van der Waals surface area contributed by atoms with Gasteiger partial charge in [0.05, 0.1) is 4.92 Å². The largest absolute Gasteiger partial charge is 0.450 e. The van der Waals surface area contributed by atoms with Crippen molar-refractivity contribution in [1.29, 1.82) is 0 Å². The SMILES string of the molecule is Cc1ccc(Oc2ccc(C=O)cc2[N+](=O)[O-])cc1F. The van der Waals surface area contributed by atoms with Crippen molar-refractivity contribution in [1.82, 2.24) is 0 Å². The first-order chi connectivity index (χ1) is 9.51. The van der Waals surface area contributed by atoms with Gasteiger partial charge in [-0.05, 0) is 30.7 Å². The molecule has 5 nitrogen and oxygen atoms in total. The molecule has 0 bridgehead atoms. The van der Waals surface area contributed by atoms with Gasteiger partial charge in [-0.25, -0.2) is 4.39 Å². The summed E-state index contributed by atoms with van der Waals surface area (Å²) in [5.74, 6) is -0.367. The lowest BCUT2D eigenvalue weighted by molar-refractivity contribution is -0.385. The van der Waals surface area contributed by atoms with Crippen molar-refractivity contribution in [2.24, 2.45) is 0 Å². The molecule has 0 unspecified atom stereocenters. The molecule has 2 rings (SSSR count). The van der Waals surface area contributed by atoms with Gasteiger partial charge in [0.2, 0.25) is 5.75 Å². The molecule has 0 N–H and O–H groups in total. The van der Waals surface area contributed by atoms with E-state index in [1.807, 2.05) is 0 Å². The summed E-state index contributed by atoms with van der Waals surface area (Å²) in [5, 5.41) is 10.9. The zero-order chi connectivity index (χ0) is 14.7. The molecular weight excluding hydrogens is 265 g/mol. The zero-order valence-corrected chi connectivity index (χ0v) is 10.5. The number of nitro benzene ring substituents is 1. The Bertz CT molecular complexity index is 685. The molecule has 0 saturated heterocycles. The predicted octanol–water partition coefficient (Wildman–Crippen LogP) is 3.65. The van der Waals surface area contributed by atoms with Crippen LogP contribution in [0.1, 0.15) is 15.9 Å². The minimum Gasteiger partial charge on any atom is -0.450 e. The molecule has 102 valence electrons. The molecule has 0 aromatic heterocycles. The summed E-state index contributed by atoms with van der Waals surface area (Å²) in [6.45, 7) is 1.60. The van der Waals surface area contributed by atoms with Gasteiger partial charge in [0.15, 0.2) is 0 Å². The molecule has 0 fully saturated rings. The first-order valence-corrected chi connectivity index (χ1v) is 5.69. The molecule has 20 heavy (non-hydrogen) atoms. The fraction of sp³-hybridized carbons (Fsp3) is 0.0714. The van der Waals surface area contributed by atoms with Gasteiger partial charge in [-0.15, -0.1) is 0 Å². The lowest BCUT2D eigenvalue weighted by Gasteiger charge is -2.07. The Balaban J connectivity index is 2.39. The maximum absolute atomic E-state index is 13.4. The molecule has 0 atom stereocenters. The van der Waals surface area contributed by atoms with Crippen LogP contribution < -0.4 is 4.74 Å². The summed E-state index contributed by atoms with van der Waals surface area (Å²) in [4.78, 5) is 20.9. The van der Waals surface area contributed by atoms with Crippen molar-refractivity contribution in [2.45, 2.75) is 6.92 Å². The third kappa shape index (κ3) is 2.80. The number of hydrogen-bond donors (Lipinski definition) is 0. The Hall–Kier alpha value is -2.76. The van der Waals surface area contributed by atoms with Crippen molar-refractivity contribution < 1.29 is 18.8 Å². The molecule has 0 aliphatic carbocycles. The maximum Gasteiger partial charge on any atom is 0.312 e. The number of rotatable bonds is 4. The molecule has 0 radical (unpaired) electrons. The van der Waals surface area contributed by atoms with Crippen LogP contribution in [-0.4, -0.2) is 11.2 Å². The lowest BCUT2D eigenvalue weighted by Crippen LogP contribution is -1.95. The highest BCUT2D eigenvalue weighted by atomic mass is 19.1. The van der Waals surface area contributed by atoms with Crippen LogP contribution in [0.3, 0.4) is 0 Å². The van der Waals surface area contributed by atoms with E-state index in [4.69, 9.17) is 4.74 Å². The van der Waals surface area contributed by atoms with Gasteiger partial charge < -0.3 is 4.74 Å². The Morgan fingerprint density at radius 2 is 2.00 bits per heavy atom. The van der Waals surface area contributed by atoms with Crippen LogP contribution in [0.4, 0.5) is 10.1 Å². The van der Waals surface area contributed by atoms with Gasteiger partial charge in [-0.1, -0.05) is 6.07 Å². The maximum atomic E-state index is 13.4. The van der Waals surface area contributed by atoms with E-state index in [2.05, 4.69) is 0 Å². The summed E-state index contributed by atoms with van der Waals surface area (Å²) in [6, 6.07) is 7.96. The number of benzene rings is 2.